The summed E-state index contributed by atoms with van der Waals surface area (Å²) in [6, 6.07) is 7.41. The van der Waals surface area contributed by atoms with Gasteiger partial charge >= 0.3 is 0 Å². The van der Waals surface area contributed by atoms with Crippen LogP contribution in [0.15, 0.2) is 24.3 Å². The first-order chi connectivity index (χ1) is 7.18. The molecule has 1 aromatic carbocycles. The predicted octanol–water partition coefficient (Wildman–Crippen LogP) is 2.99. The van der Waals surface area contributed by atoms with Crippen LogP contribution in [0.1, 0.15) is 25.7 Å². The van der Waals surface area contributed by atoms with E-state index in [0.717, 1.165) is 23.6 Å². The van der Waals surface area contributed by atoms with Crippen molar-refractivity contribution in [1.82, 2.24) is 0 Å². The number of hydrogen-bond donors (Lipinski definition) is 1. The number of nitrogens with two attached hydrogens (primary N) is 1. The Labute approximate surface area is 95.4 Å². The summed E-state index contributed by atoms with van der Waals surface area (Å²) >= 11 is 5.79. The standard InChI is InChI=1S/C12H16ClNO/c13-10-3-5-11(6-4-10)15-9-12(14)7-1-2-8-12/h3-6H,1-2,7-9,14H2. The average Bonchev–Trinajstić information content (AvgIpc) is 2.65. The second-order valence-electron chi connectivity index (χ2n) is 4.31. The minimum atomic E-state index is -0.111. The lowest BCUT2D eigenvalue weighted by molar-refractivity contribution is 0.220. The van der Waals surface area contributed by atoms with Crippen LogP contribution in [0, 0.1) is 0 Å². The third kappa shape index (κ3) is 2.86. The highest BCUT2D eigenvalue weighted by atomic mass is 35.5. The Balaban J connectivity index is 1.90. The molecule has 0 aliphatic heterocycles. The Morgan fingerprint density at radius 2 is 1.80 bits per heavy atom. The van der Waals surface area contributed by atoms with Crippen molar-refractivity contribution < 1.29 is 4.74 Å². The molecule has 2 N–H and O–H groups in total. The molecule has 0 aromatic heterocycles. The molecule has 0 spiro atoms. The van der Waals surface area contributed by atoms with Gasteiger partial charge in [0.2, 0.25) is 0 Å². The Morgan fingerprint density at radius 3 is 2.40 bits per heavy atom. The summed E-state index contributed by atoms with van der Waals surface area (Å²) in [4.78, 5) is 0. The van der Waals surface area contributed by atoms with Crippen molar-refractivity contribution in [3.8, 4) is 5.75 Å². The van der Waals surface area contributed by atoms with E-state index in [1.165, 1.54) is 12.8 Å². The van der Waals surface area contributed by atoms with E-state index in [4.69, 9.17) is 22.1 Å². The van der Waals surface area contributed by atoms with Gasteiger partial charge in [-0.3, -0.25) is 0 Å². The predicted molar refractivity (Wildman–Crippen MR) is 62.3 cm³/mol. The molecule has 1 aliphatic rings. The molecule has 3 heteroatoms. The average molecular weight is 226 g/mol. The SMILES string of the molecule is NC1(COc2ccc(Cl)cc2)CCCC1. The van der Waals surface area contributed by atoms with E-state index >= 15 is 0 Å². The molecule has 0 amide bonds. The molecule has 2 rings (SSSR count). The van der Waals surface area contributed by atoms with Crippen LogP contribution in [0.3, 0.4) is 0 Å². The minimum Gasteiger partial charge on any atom is -0.492 e. The van der Waals surface area contributed by atoms with E-state index in [9.17, 15) is 0 Å². The quantitative estimate of drug-likeness (QED) is 0.859. The van der Waals surface area contributed by atoms with E-state index < -0.39 is 0 Å². The summed E-state index contributed by atoms with van der Waals surface area (Å²) in [5, 5.41) is 0.727. The fraction of sp³-hybridized carbons (Fsp3) is 0.500. The van der Waals surface area contributed by atoms with Crippen LogP contribution in [-0.2, 0) is 0 Å². The van der Waals surface area contributed by atoms with Gasteiger partial charge in [0.15, 0.2) is 0 Å². The number of halogens is 1. The van der Waals surface area contributed by atoms with Gasteiger partial charge in [0, 0.05) is 5.02 Å². The molecule has 0 bridgehead atoms. The maximum Gasteiger partial charge on any atom is 0.119 e. The molecule has 0 saturated heterocycles. The molecule has 0 unspecified atom stereocenters. The van der Waals surface area contributed by atoms with Crippen LogP contribution >= 0.6 is 11.6 Å². The van der Waals surface area contributed by atoms with Gasteiger partial charge in [-0.25, -0.2) is 0 Å². The summed E-state index contributed by atoms with van der Waals surface area (Å²) in [6.45, 7) is 0.606. The highest BCUT2D eigenvalue weighted by Gasteiger charge is 2.29. The summed E-state index contributed by atoms with van der Waals surface area (Å²) < 4.78 is 5.66. The molecular weight excluding hydrogens is 210 g/mol. The minimum absolute atomic E-state index is 0.111. The lowest BCUT2D eigenvalue weighted by atomic mass is 10.0. The molecule has 0 atom stereocenters. The lowest BCUT2D eigenvalue weighted by Gasteiger charge is -2.23. The molecule has 1 saturated carbocycles. The highest BCUT2D eigenvalue weighted by Crippen LogP contribution is 2.28. The molecular formula is C12H16ClNO. The molecule has 2 nitrogen and oxygen atoms in total. The summed E-state index contributed by atoms with van der Waals surface area (Å²) in [7, 11) is 0. The zero-order chi connectivity index (χ0) is 10.7. The van der Waals surface area contributed by atoms with E-state index in [-0.39, 0.29) is 5.54 Å². The van der Waals surface area contributed by atoms with E-state index in [0.29, 0.717) is 6.61 Å². The van der Waals surface area contributed by atoms with Crippen LogP contribution in [0.25, 0.3) is 0 Å². The van der Waals surface area contributed by atoms with Gasteiger partial charge in [0.05, 0.1) is 5.54 Å². The Morgan fingerprint density at radius 1 is 1.20 bits per heavy atom. The topological polar surface area (TPSA) is 35.2 Å². The third-order valence-electron chi connectivity index (χ3n) is 2.94. The van der Waals surface area contributed by atoms with Gasteiger partial charge < -0.3 is 10.5 Å². The zero-order valence-electron chi connectivity index (χ0n) is 8.71. The van der Waals surface area contributed by atoms with Gasteiger partial charge in [0.25, 0.3) is 0 Å². The van der Waals surface area contributed by atoms with Crippen molar-refractivity contribution in [3.63, 3.8) is 0 Å². The van der Waals surface area contributed by atoms with Gasteiger partial charge in [-0.1, -0.05) is 24.4 Å². The van der Waals surface area contributed by atoms with Crippen LogP contribution in [0.4, 0.5) is 0 Å². The first-order valence-electron chi connectivity index (χ1n) is 5.35. The maximum absolute atomic E-state index is 6.19. The molecule has 1 aromatic rings. The third-order valence-corrected chi connectivity index (χ3v) is 3.19. The largest absolute Gasteiger partial charge is 0.492 e. The Bertz CT molecular complexity index is 317. The molecule has 1 fully saturated rings. The van der Waals surface area contributed by atoms with Crippen LogP contribution in [-0.4, -0.2) is 12.1 Å². The van der Waals surface area contributed by atoms with Crippen molar-refractivity contribution in [3.05, 3.63) is 29.3 Å². The summed E-state index contributed by atoms with van der Waals surface area (Å²) in [6.07, 6.45) is 4.59. The second-order valence-corrected chi connectivity index (χ2v) is 4.75. The van der Waals surface area contributed by atoms with Gasteiger partial charge in [-0.2, -0.15) is 0 Å². The van der Waals surface area contributed by atoms with Crippen molar-refractivity contribution in [2.45, 2.75) is 31.2 Å². The monoisotopic (exact) mass is 225 g/mol. The van der Waals surface area contributed by atoms with Crippen molar-refractivity contribution in [2.24, 2.45) is 5.73 Å². The van der Waals surface area contributed by atoms with Gasteiger partial charge in [0.1, 0.15) is 12.4 Å². The Hall–Kier alpha value is -0.730. The summed E-state index contributed by atoms with van der Waals surface area (Å²) in [5.41, 5.74) is 6.07. The number of rotatable bonds is 3. The van der Waals surface area contributed by atoms with Gasteiger partial charge in [-0.15, -0.1) is 0 Å². The lowest BCUT2D eigenvalue weighted by Crippen LogP contribution is -2.42. The smallest absolute Gasteiger partial charge is 0.119 e. The van der Waals surface area contributed by atoms with Gasteiger partial charge in [-0.05, 0) is 37.1 Å². The molecule has 15 heavy (non-hydrogen) atoms. The maximum atomic E-state index is 6.19. The van der Waals surface area contributed by atoms with Crippen LogP contribution < -0.4 is 10.5 Å². The van der Waals surface area contributed by atoms with Crippen molar-refractivity contribution in [1.29, 1.82) is 0 Å². The normalized spacial score (nSPS) is 19.1. The molecule has 0 heterocycles. The number of benzene rings is 1. The highest BCUT2D eigenvalue weighted by molar-refractivity contribution is 6.30. The van der Waals surface area contributed by atoms with Crippen molar-refractivity contribution >= 4 is 11.6 Å². The zero-order valence-corrected chi connectivity index (χ0v) is 9.46. The Kier molecular flexibility index (Phi) is 3.17. The van der Waals surface area contributed by atoms with Crippen LogP contribution in [0.5, 0.6) is 5.75 Å². The first kappa shape index (κ1) is 10.8. The van der Waals surface area contributed by atoms with Crippen LogP contribution in [0.2, 0.25) is 5.02 Å². The summed E-state index contributed by atoms with van der Waals surface area (Å²) in [5.74, 6) is 0.844. The fourth-order valence-electron chi connectivity index (χ4n) is 1.98. The molecule has 0 radical (unpaired) electrons. The fourth-order valence-corrected chi connectivity index (χ4v) is 2.11. The molecule has 82 valence electrons. The van der Waals surface area contributed by atoms with E-state index in [2.05, 4.69) is 0 Å². The number of hydrogen-bond acceptors (Lipinski definition) is 2. The first-order valence-corrected chi connectivity index (χ1v) is 5.73. The number of ether oxygens (including phenoxy) is 1. The van der Waals surface area contributed by atoms with E-state index in [1.54, 1.807) is 0 Å². The second kappa shape index (κ2) is 4.42. The van der Waals surface area contributed by atoms with Crippen molar-refractivity contribution in [2.75, 3.05) is 6.61 Å². The molecule has 1 aliphatic carbocycles. The van der Waals surface area contributed by atoms with E-state index in [1.807, 2.05) is 24.3 Å².